The molecule has 0 aromatic carbocycles. The standard InChI is InChI=1S/C9H19BrO2/c1-4-8(6-5-7-10)9(11-2)12-3/h8-9H,4-7H2,1-3H3. The molecular formula is C9H19BrO2. The van der Waals surface area contributed by atoms with Crippen molar-refractivity contribution in [3.8, 4) is 0 Å². The maximum atomic E-state index is 5.21. The van der Waals surface area contributed by atoms with Crippen molar-refractivity contribution in [2.75, 3.05) is 19.5 Å². The molecule has 0 amide bonds. The van der Waals surface area contributed by atoms with Gasteiger partial charge in [0.15, 0.2) is 6.29 Å². The van der Waals surface area contributed by atoms with E-state index in [0.29, 0.717) is 5.92 Å². The van der Waals surface area contributed by atoms with Gasteiger partial charge in [-0.05, 0) is 19.3 Å². The van der Waals surface area contributed by atoms with Crippen molar-refractivity contribution in [1.82, 2.24) is 0 Å². The molecule has 0 aliphatic heterocycles. The Morgan fingerprint density at radius 3 is 2.17 bits per heavy atom. The number of hydrogen-bond donors (Lipinski definition) is 0. The lowest BCUT2D eigenvalue weighted by molar-refractivity contribution is -0.139. The van der Waals surface area contributed by atoms with Gasteiger partial charge in [-0.1, -0.05) is 22.9 Å². The van der Waals surface area contributed by atoms with Crippen LogP contribution in [-0.4, -0.2) is 25.8 Å². The van der Waals surface area contributed by atoms with Crippen molar-refractivity contribution < 1.29 is 9.47 Å². The molecule has 74 valence electrons. The fourth-order valence-electron chi connectivity index (χ4n) is 1.35. The molecule has 0 saturated heterocycles. The van der Waals surface area contributed by atoms with Crippen LogP contribution in [0.1, 0.15) is 26.2 Å². The lowest BCUT2D eigenvalue weighted by Crippen LogP contribution is -2.24. The Labute approximate surface area is 83.8 Å². The molecule has 0 radical (unpaired) electrons. The van der Waals surface area contributed by atoms with Crippen LogP contribution in [0.15, 0.2) is 0 Å². The van der Waals surface area contributed by atoms with Crippen LogP contribution in [0.3, 0.4) is 0 Å². The average molecular weight is 239 g/mol. The Balaban J connectivity index is 3.75. The predicted octanol–water partition coefficient (Wildman–Crippen LogP) is 2.81. The summed E-state index contributed by atoms with van der Waals surface area (Å²) in [6.45, 7) is 2.17. The first-order valence-electron chi connectivity index (χ1n) is 4.41. The summed E-state index contributed by atoms with van der Waals surface area (Å²) >= 11 is 3.42. The minimum atomic E-state index is -0.0333. The third-order valence-corrected chi connectivity index (χ3v) is 2.64. The van der Waals surface area contributed by atoms with E-state index in [2.05, 4.69) is 22.9 Å². The number of hydrogen-bond acceptors (Lipinski definition) is 2. The van der Waals surface area contributed by atoms with Gasteiger partial charge in [0.25, 0.3) is 0 Å². The maximum Gasteiger partial charge on any atom is 0.159 e. The van der Waals surface area contributed by atoms with Crippen molar-refractivity contribution in [2.45, 2.75) is 32.5 Å². The highest BCUT2D eigenvalue weighted by atomic mass is 79.9. The van der Waals surface area contributed by atoms with E-state index in [1.165, 1.54) is 6.42 Å². The molecule has 0 aliphatic rings. The molecule has 2 nitrogen and oxygen atoms in total. The number of methoxy groups -OCH3 is 2. The second-order valence-corrected chi connectivity index (χ2v) is 3.63. The summed E-state index contributed by atoms with van der Waals surface area (Å²) in [5, 5.41) is 1.06. The molecule has 0 fully saturated rings. The Morgan fingerprint density at radius 2 is 1.83 bits per heavy atom. The average Bonchev–Trinajstić information content (AvgIpc) is 2.12. The van der Waals surface area contributed by atoms with E-state index < -0.39 is 0 Å². The second-order valence-electron chi connectivity index (χ2n) is 2.84. The molecule has 12 heavy (non-hydrogen) atoms. The SMILES string of the molecule is CCC(CCCBr)C(OC)OC. The van der Waals surface area contributed by atoms with E-state index in [1.54, 1.807) is 14.2 Å². The molecule has 0 N–H and O–H groups in total. The van der Waals surface area contributed by atoms with Crippen molar-refractivity contribution in [2.24, 2.45) is 5.92 Å². The van der Waals surface area contributed by atoms with E-state index in [9.17, 15) is 0 Å². The van der Waals surface area contributed by atoms with Gasteiger partial charge in [0.05, 0.1) is 0 Å². The van der Waals surface area contributed by atoms with Gasteiger partial charge in [-0.2, -0.15) is 0 Å². The second kappa shape index (κ2) is 8.02. The summed E-state index contributed by atoms with van der Waals surface area (Å²) in [4.78, 5) is 0. The molecule has 0 spiro atoms. The third kappa shape index (κ3) is 4.43. The van der Waals surface area contributed by atoms with Gasteiger partial charge in [-0.3, -0.25) is 0 Å². The third-order valence-electron chi connectivity index (χ3n) is 2.08. The summed E-state index contributed by atoms with van der Waals surface area (Å²) in [6.07, 6.45) is 3.42. The molecule has 0 aromatic heterocycles. The first-order valence-corrected chi connectivity index (χ1v) is 5.53. The zero-order valence-corrected chi connectivity index (χ0v) is 9.76. The molecule has 0 bridgehead atoms. The topological polar surface area (TPSA) is 18.5 Å². The van der Waals surface area contributed by atoms with Crippen molar-refractivity contribution >= 4 is 15.9 Å². The Bertz CT molecular complexity index is 94.5. The summed E-state index contributed by atoms with van der Waals surface area (Å²) in [5.41, 5.74) is 0. The number of halogens is 1. The number of alkyl halides is 1. The van der Waals surface area contributed by atoms with Crippen molar-refractivity contribution in [3.05, 3.63) is 0 Å². The van der Waals surface area contributed by atoms with E-state index in [4.69, 9.17) is 9.47 Å². The van der Waals surface area contributed by atoms with Gasteiger partial charge >= 0.3 is 0 Å². The van der Waals surface area contributed by atoms with Crippen LogP contribution in [0.25, 0.3) is 0 Å². The van der Waals surface area contributed by atoms with E-state index in [1.807, 2.05) is 0 Å². The van der Waals surface area contributed by atoms with Crippen LogP contribution in [0.2, 0.25) is 0 Å². The Kier molecular flexibility index (Phi) is 8.29. The van der Waals surface area contributed by atoms with Crippen LogP contribution in [0, 0.1) is 5.92 Å². The van der Waals surface area contributed by atoms with Gasteiger partial charge in [0.2, 0.25) is 0 Å². The first-order chi connectivity index (χ1) is 5.79. The number of rotatable bonds is 7. The quantitative estimate of drug-likeness (QED) is 0.502. The smallest absolute Gasteiger partial charge is 0.159 e. The molecule has 1 unspecified atom stereocenters. The molecule has 3 heteroatoms. The Morgan fingerprint density at radius 1 is 1.25 bits per heavy atom. The number of ether oxygens (including phenoxy) is 2. The van der Waals surface area contributed by atoms with Gasteiger partial charge in [0, 0.05) is 25.5 Å². The van der Waals surface area contributed by atoms with Gasteiger partial charge < -0.3 is 9.47 Å². The van der Waals surface area contributed by atoms with Gasteiger partial charge in [-0.25, -0.2) is 0 Å². The van der Waals surface area contributed by atoms with Gasteiger partial charge in [0.1, 0.15) is 0 Å². The predicted molar refractivity (Wildman–Crippen MR) is 54.6 cm³/mol. The minimum absolute atomic E-state index is 0.0333. The lowest BCUT2D eigenvalue weighted by atomic mass is 10.0. The highest BCUT2D eigenvalue weighted by molar-refractivity contribution is 9.09. The summed E-state index contributed by atoms with van der Waals surface area (Å²) in [7, 11) is 3.40. The zero-order chi connectivity index (χ0) is 9.40. The van der Waals surface area contributed by atoms with Crippen LogP contribution in [-0.2, 0) is 9.47 Å². The van der Waals surface area contributed by atoms with E-state index in [-0.39, 0.29) is 6.29 Å². The largest absolute Gasteiger partial charge is 0.356 e. The van der Waals surface area contributed by atoms with Gasteiger partial charge in [-0.15, -0.1) is 0 Å². The summed E-state index contributed by atoms with van der Waals surface area (Å²) < 4.78 is 10.4. The molecule has 1 atom stereocenters. The molecule has 0 rings (SSSR count). The van der Waals surface area contributed by atoms with E-state index >= 15 is 0 Å². The molecule has 0 aliphatic carbocycles. The van der Waals surface area contributed by atoms with Crippen molar-refractivity contribution in [3.63, 3.8) is 0 Å². The zero-order valence-electron chi connectivity index (χ0n) is 8.18. The van der Waals surface area contributed by atoms with E-state index in [0.717, 1.165) is 18.2 Å². The van der Waals surface area contributed by atoms with Crippen LogP contribution in [0.5, 0.6) is 0 Å². The summed E-state index contributed by atoms with van der Waals surface area (Å²) in [6, 6.07) is 0. The minimum Gasteiger partial charge on any atom is -0.356 e. The Hall–Kier alpha value is 0.400. The molecule has 0 aromatic rings. The highest BCUT2D eigenvalue weighted by Gasteiger charge is 2.17. The lowest BCUT2D eigenvalue weighted by Gasteiger charge is -2.23. The first kappa shape index (κ1) is 12.4. The highest BCUT2D eigenvalue weighted by Crippen LogP contribution is 2.18. The fourth-order valence-corrected chi connectivity index (χ4v) is 1.68. The van der Waals surface area contributed by atoms with Crippen LogP contribution < -0.4 is 0 Å². The molecule has 0 heterocycles. The van der Waals surface area contributed by atoms with Crippen molar-refractivity contribution in [1.29, 1.82) is 0 Å². The normalized spacial score (nSPS) is 13.8. The molecular weight excluding hydrogens is 220 g/mol. The monoisotopic (exact) mass is 238 g/mol. The van der Waals surface area contributed by atoms with Crippen LogP contribution >= 0.6 is 15.9 Å². The maximum absolute atomic E-state index is 5.21. The van der Waals surface area contributed by atoms with Crippen LogP contribution in [0.4, 0.5) is 0 Å². The fraction of sp³-hybridized carbons (Fsp3) is 1.00. The summed E-state index contributed by atoms with van der Waals surface area (Å²) in [5.74, 6) is 0.526. The molecule has 0 saturated carbocycles.